The normalized spacial score (nSPS) is 11.9. The lowest BCUT2D eigenvalue weighted by Crippen LogP contribution is -1.94. The van der Waals surface area contributed by atoms with Crippen molar-refractivity contribution >= 4 is 66.3 Å². The van der Waals surface area contributed by atoms with Crippen LogP contribution in [0.3, 0.4) is 0 Å². The van der Waals surface area contributed by atoms with Crippen LogP contribution in [0.15, 0.2) is 71.4 Å². The second kappa shape index (κ2) is 13.5. The second-order valence-electron chi connectivity index (χ2n) is 12.5. The predicted octanol–water partition coefficient (Wildman–Crippen LogP) is 13.1. The van der Waals surface area contributed by atoms with E-state index in [2.05, 4.69) is 73.1 Å². The third kappa shape index (κ3) is 6.17. The van der Waals surface area contributed by atoms with E-state index < -0.39 is 11.6 Å². The summed E-state index contributed by atoms with van der Waals surface area (Å²) in [6.45, 7) is 4.48. The molecule has 3 heterocycles. The van der Waals surface area contributed by atoms with Crippen LogP contribution >= 0.6 is 22.7 Å². The molecule has 0 bridgehead atoms. The van der Waals surface area contributed by atoms with Gasteiger partial charge in [0.15, 0.2) is 11.6 Å². The van der Waals surface area contributed by atoms with E-state index in [1.54, 1.807) is 22.7 Å². The van der Waals surface area contributed by atoms with Crippen molar-refractivity contribution in [3.8, 4) is 20.9 Å². The third-order valence-electron chi connectivity index (χ3n) is 9.06. The van der Waals surface area contributed by atoms with Gasteiger partial charge in [0.25, 0.3) is 0 Å². The molecule has 7 rings (SSSR count). The van der Waals surface area contributed by atoms with Gasteiger partial charge in [-0.3, -0.25) is 0 Å². The third-order valence-corrected chi connectivity index (χ3v) is 11.1. The zero-order valence-electron chi connectivity index (χ0n) is 26.5. The average Bonchev–Trinajstić information content (AvgIpc) is 3.75. The Balaban J connectivity index is 1.35. The van der Waals surface area contributed by atoms with Crippen LogP contribution in [0, 0.1) is 11.6 Å². The molecular weight excluding hydrogens is 611 g/mol. The molecule has 6 heteroatoms. The molecule has 7 aromatic rings. The van der Waals surface area contributed by atoms with Gasteiger partial charge in [-0.25, -0.2) is 18.7 Å². The minimum atomic E-state index is -0.914. The van der Waals surface area contributed by atoms with Crippen molar-refractivity contribution < 1.29 is 8.78 Å². The molecule has 234 valence electrons. The second-order valence-corrected chi connectivity index (χ2v) is 14.3. The van der Waals surface area contributed by atoms with Crippen molar-refractivity contribution in [1.82, 2.24) is 9.97 Å². The molecule has 3 aromatic heterocycles. The van der Waals surface area contributed by atoms with Crippen LogP contribution in [0.2, 0.25) is 0 Å². The number of aryl methyl sites for hydroxylation is 2. The van der Waals surface area contributed by atoms with Gasteiger partial charge in [-0.15, -0.1) is 22.7 Å². The predicted molar refractivity (Wildman–Crippen MR) is 194 cm³/mol. The maximum atomic E-state index is 14.4. The highest BCUT2D eigenvalue weighted by atomic mass is 32.1. The van der Waals surface area contributed by atoms with Crippen molar-refractivity contribution in [1.29, 1.82) is 0 Å². The molecule has 0 unspecified atom stereocenters. The van der Waals surface area contributed by atoms with Crippen LogP contribution in [0.25, 0.3) is 64.5 Å². The Bertz CT molecular complexity index is 2020. The number of unbranched alkanes of at least 4 members (excludes halogenated alkanes) is 6. The van der Waals surface area contributed by atoms with E-state index in [4.69, 9.17) is 9.97 Å². The summed E-state index contributed by atoms with van der Waals surface area (Å²) in [5.74, 6) is -1.83. The number of nitrogens with zero attached hydrogens (tertiary/aromatic N) is 2. The van der Waals surface area contributed by atoms with Crippen molar-refractivity contribution in [2.24, 2.45) is 0 Å². The minimum Gasteiger partial charge on any atom is -0.244 e. The summed E-state index contributed by atoms with van der Waals surface area (Å²) >= 11 is 3.55. The molecule has 0 saturated heterocycles. The molecule has 0 amide bonds. The lowest BCUT2D eigenvalue weighted by Gasteiger charge is -2.13. The molecule has 0 atom stereocenters. The molecule has 46 heavy (non-hydrogen) atoms. The van der Waals surface area contributed by atoms with Gasteiger partial charge >= 0.3 is 0 Å². The summed E-state index contributed by atoms with van der Waals surface area (Å²) in [6.07, 6.45) is 12.2. The highest BCUT2D eigenvalue weighted by molar-refractivity contribution is 7.14. The van der Waals surface area contributed by atoms with Gasteiger partial charge in [-0.2, -0.15) is 0 Å². The summed E-state index contributed by atoms with van der Waals surface area (Å²) in [7, 11) is 0. The largest absolute Gasteiger partial charge is 0.244 e. The number of benzene rings is 4. The Hall–Kier alpha value is -3.74. The fourth-order valence-corrected chi connectivity index (χ4v) is 8.41. The number of rotatable bonds is 12. The van der Waals surface area contributed by atoms with E-state index in [0.29, 0.717) is 22.1 Å². The molecule has 0 aliphatic heterocycles. The Morgan fingerprint density at radius 1 is 0.522 bits per heavy atom. The highest BCUT2D eigenvalue weighted by Gasteiger charge is 2.17. The summed E-state index contributed by atoms with van der Waals surface area (Å²) in [5, 5.41) is 8.64. The average molecular weight is 649 g/mol. The lowest BCUT2D eigenvalue weighted by atomic mass is 9.95. The molecule has 0 radical (unpaired) electrons. The fraction of sp³-hybridized carbons (Fsp3) is 0.300. The van der Waals surface area contributed by atoms with Crippen LogP contribution in [0.5, 0.6) is 0 Å². The number of hydrogen-bond acceptors (Lipinski definition) is 4. The first kappa shape index (κ1) is 30.9. The van der Waals surface area contributed by atoms with Gasteiger partial charge in [-0.1, -0.05) is 76.6 Å². The Kier molecular flexibility index (Phi) is 9.10. The molecule has 0 aliphatic carbocycles. The highest BCUT2D eigenvalue weighted by Crippen LogP contribution is 2.40. The zero-order chi connectivity index (χ0) is 31.6. The van der Waals surface area contributed by atoms with Crippen LogP contribution in [0.1, 0.15) is 76.3 Å². The Morgan fingerprint density at radius 3 is 1.41 bits per heavy atom. The van der Waals surface area contributed by atoms with Gasteiger partial charge in [-0.05, 0) is 93.7 Å². The SMILES string of the molecule is CCCCCCc1csc(-c2ccc3c4ccc(-c5cc(CCCCCC)cs5)cc4c4nc5cc(F)c(F)cc5nc4c3c2)c1. The van der Waals surface area contributed by atoms with Gasteiger partial charge in [0.05, 0.1) is 22.1 Å². The standard InChI is InChI=1S/C40H38F2N2S2/c1-3-5-7-9-11-25-17-37(45-23-25)27-13-15-29-30-16-14-28(38-18-26(24-46-38)12-10-8-6-4-2)20-32(30)40-39(31(29)19-27)43-35-21-33(41)34(42)22-36(35)44-40/h13-24H,3-12H2,1-2H3. The van der Waals surface area contributed by atoms with Crippen molar-refractivity contribution in [2.45, 2.75) is 78.1 Å². The Morgan fingerprint density at radius 2 is 0.978 bits per heavy atom. The fourth-order valence-electron chi connectivity index (χ4n) is 6.51. The van der Waals surface area contributed by atoms with Crippen LogP contribution in [0.4, 0.5) is 8.78 Å². The van der Waals surface area contributed by atoms with E-state index in [1.807, 2.05) is 0 Å². The molecule has 2 nitrogen and oxygen atoms in total. The molecule has 0 saturated carbocycles. The van der Waals surface area contributed by atoms with E-state index in [0.717, 1.165) is 57.6 Å². The first-order valence-electron chi connectivity index (χ1n) is 16.6. The first-order valence-corrected chi connectivity index (χ1v) is 18.4. The van der Waals surface area contributed by atoms with Crippen molar-refractivity contribution in [3.05, 3.63) is 94.2 Å². The molecule has 0 aliphatic rings. The maximum absolute atomic E-state index is 14.4. The minimum absolute atomic E-state index is 0.352. The number of fused-ring (bicyclic) bond motifs is 7. The van der Waals surface area contributed by atoms with Gasteiger partial charge in [0.2, 0.25) is 0 Å². The maximum Gasteiger partial charge on any atom is 0.161 e. The van der Waals surface area contributed by atoms with E-state index in [9.17, 15) is 8.78 Å². The summed E-state index contributed by atoms with van der Waals surface area (Å²) in [5.41, 5.74) is 7.15. The number of aromatic nitrogens is 2. The van der Waals surface area contributed by atoms with E-state index >= 15 is 0 Å². The number of halogens is 2. The van der Waals surface area contributed by atoms with Crippen molar-refractivity contribution in [2.75, 3.05) is 0 Å². The van der Waals surface area contributed by atoms with Crippen LogP contribution in [-0.4, -0.2) is 9.97 Å². The van der Waals surface area contributed by atoms with E-state index in [1.165, 1.54) is 72.2 Å². The van der Waals surface area contributed by atoms with Gasteiger partial charge in [0.1, 0.15) is 0 Å². The first-order chi connectivity index (χ1) is 22.5. The van der Waals surface area contributed by atoms with Crippen LogP contribution < -0.4 is 0 Å². The molecule has 0 N–H and O–H groups in total. The molecule has 4 aromatic carbocycles. The van der Waals surface area contributed by atoms with Crippen LogP contribution in [-0.2, 0) is 12.8 Å². The van der Waals surface area contributed by atoms with Gasteiger partial charge in [0, 0.05) is 32.7 Å². The topological polar surface area (TPSA) is 25.8 Å². The Labute approximate surface area is 277 Å². The zero-order valence-corrected chi connectivity index (χ0v) is 28.1. The monoisotopic (exact) mass is 648 g/mol. The van der Waals surface area contributed by atoms with Crippen molar-refractivity contribution in [3.63, 3.8) is 0 Å². The summed E-state index contributed by atoms with van der Waals surface area (Å²) in [4.78, 5) is 12.3. The summed E-state index contributed by atoms with van der Waals surface area (Å²) in [6, 6.07) is 20.1. The number of hydrogen-bond donors (Lipinski definition) is 0. The molecular formula is C40H38F2N2S2. The lowest BCUT2D eigenvalue weighted by molar-refractivity contribution is 0.510. The number of thiophene rings is 2. The van der Waals surface area contributed by atoms with Gasteiger partial charge < -0.3 is 0 Å². The summed E-state index contributed by atoms with van der Waals surface area (Å²) < 4.78 is 28.7. The quantitative estimate of drug-likeness (QED) is 0.0748. The smallest absolute Gasteiger partial charge is 0.161 e. The van der Waals surface area contributed by atoms with E-state index in [-0.39, 0.29) is 0 Å². The molecule has 0 spiro atoms. The molecule has 0 fully saturated rings.